The van der Waals surface area contributed by atoms with Gasteiger partial charge in [0.25, 0.3) is 0 Å². The average Bonchev–Trinajstić information content (AvgIpc) is 2.43. The molecule has 0 amide bonds. The van der Waals surface area contributed by atoms with Crippen molar-refractivity contribution in [3.63, 3.8) is 0 Å². The van der Waals surface area contributed by atoms with Crippen molar-refractivity contribution in [1.29, 1.82) is 0 Å². The van der Waals surface area contributed by atoms with E-state index in [9.17, 15) is 0 Å². The molecule has 2 rings (SSSR count). The summed E-state index contributed by atoms with van der Waals surface area (Å²) in [6, 6.07) is 20.2. The molecule has 0 unspecified atom stereocenters. The minimum atomic E-state index is 0. The van der Waals surface area contributed by atoms with E-state index in [-0.39, 0.29) is 65.7 Å². The van der Waals surface area contributed by atoms with Gasteiger partial charge in [0.05, 0.1) is 0 Å². The first-order valence-electron chi connectivity index (χ1n) is 5.88. The molecule has 0 aliphatic carbocycles. The summed E-state index contributed by atoms with van der Waals surface area (Å²) < 4.78 is 0. The van der Waals surface area contributed by atoms with Gasteiger partial charge in [0.1, 0.15) is 0 Å². The molecule has 2 aromatic carbocycles. The largest absolute Gasteiger partial charge is 2.00 e. The summed E-state index contributed by atoms with van der Waals surface area (Å²) in [7, 11) is 0. The van der Waals surface area contributed by atoms with E-state index in [4.69, 9.17) is 0 Å². The van der Waals surface area contributed by atoms with Crippen LogP contribution in [0.2, 0.25) is 0 Å². The van der Waals surface area contributed by atoms with Crippen LogP contribution in [0.15, 0.2) is 60.7 Å². The zero-order valence-electron chi connectivity index (χ0n) is 11.9. The van der Waals surface area contributed by atoms with E-state index in [0.29, 0.717) is 0 Å². The molecule has 22 heavy (non-hydrogen) atoms. The van der Waals surface area contributed by atoms with E-state index < -0.39 is 0 Å². The van der Waals surface area contributed by atoms with E-state index in [2.05, 4.69) is 13.8 Å². The molecule has 0 saturated carbocycles. The van der Waals surface area contributed by atoms with Gasteiger partial charge in [-0.1, -0.05) is 60.7 Å². The fourth-order valence-corrected chi connectivity index (χ4v) is 1.40. The van der Waals surface area contributed by atoms with Gasteiger partial charge in [0, 0.05) is 0 Å². The minimum Gasteiger partial charge on any atom is -1.00 e. The first-order valence-corrected chi connectivity index (χ1v) is 5.88. The van der Waals surface area contributed by atoms with Crippen molar-refractivity contribution in [2.45, 2.75) is 0 Å². The zero-order valence-corrected chi connectivity index (χ0v) is 16.5. The van der Waals surface area contributed by atoms with Crippen LogP contribution in [0.4, 0.5) is 0 Å². The molecule has 0 saturated heterocycles. The Hall–Kier alpha value is 0.345. The molecule has 6 radical (unpaired) electrons. The summed E-state index contributed by atoms with van der Waals surface area (Å²) >= 11 is 0. The van der Waals surface area contributed by atoms with Gasteiger partial charge in [0.2, 0.25) is 0 Å². The molecule has 0 fully saturated rings. The third-order valence-corrected chi connectivity index (χ3v) is 2.22. The Balaban J connectivity index is -0.000000125. The van der Waals surface area contributed by atoms with Crippen LogP contribution in [0.5, 0.6) is 0 Å². The van der Waals surface area contributed by atoms with E-state index in [0.717, 1.165) is 0 Å². The Bertz CT molecular complexity index is 366. The molecule has 0 spiro atoms. The van der Waals surface area contributed by atoms with Crippen molar-refractivity contribution in [2.24, 2.45) is 0 Å². The summed E-state index contributed by atoms with van der Waals surface area (Å²) in [5.41, 5.74) is 2.40. The summed E-state index contributed by atoms with van der Waals surface area (Å²) in [4.78, 5) is 0. The number of hydrogen-bond donors (Lipinski definition) is 0. The van der Waals surface area contributed by atoms with Gasteiger partial charge in [-0.05, 0) is 50.7 Å². The molecule has 0 aromatic heterocycles. The fraction of sp³-hybridized carbons (Fsp3) is 0. The third-order valence-electron chi connectivity index (χ3n) is 2.22. The minimum absolute atomic E-state index is 0. The number of benzene rings is 2. The predicted octanol–water partition coefficient (Wildman–Crippen LogP) is -1.44. The summed E-state index contributed by atoms with van der Waals surface area (Å²) in [5.74, 6) is 0. The van der Waals surface area contributed by atoms with E-state index in [1.807, 2.05) is 73.5 Å². The van der Waals surface area contributed by atoms with Gasteiger partial charge < -0.3 is 24.8 Å². The molecular weight excluding hydrogens is 500 g/mol. The molecular formula is C18H18Cl2Pd2+2. The van der Waals surface area contributed by atoms with E-state index in [1.165, 1.54) is 11.1 Å². The van der Waals surface area contributed by atoms with Gasteiger partial charge in [-0.25, -0.2) is 0 Å². The average molecular weight is 518 g/mol. The first-order chi connectivity index (χ1) is 8.86. The Morgan fingerprint density at radius 1 is 0.545 bits per heavy atom. The molecule has 0 aliphatic rings. The fourth-order valence-electron chi connectivity index (χ4n) is 1.40. The van der Waals surface area contributed by atoms with E-state index >= 15 is 0 Å². The van der Waals surface area contributed by atoms with Crippen molar-refractivity contribution in [1.82, 2.24) is 0 Å². The molecule has 0 atom stereocenters. The zero-order chi connectivity index (χ0) is 13.1. The van der Waals surface area contributed by atoms with Crippen LogP contribution in [0.3, 0.4) is 0 Å². The molecule has 0 N–H and O–H groups in total. The second-order valence-corrected chi connectivity index (χ2v) is 3.63. The van der Waals surface area contributed by atoms with Gasteiger partial charge in [-0.15, -0.1) is 0 Å². The Kier molecular flexibility index (Phi) is 29.3. The van der Waals surface area contributed by atoms with Crippen LogP contribution in [-0.2, 0) is 40.8 Å². The summed E-state index contributed by atoms with van der Waals surface area (Å²) in [6.07, 6.45) is 7.52. The summed E-state index contributed by atoms with van der Waals surface area (Å²) in [6.45, 7) is 7.20. The third kappa shape index (κ3) is 15.2. The number of hydrogen-bond acceptors (Lipinski definition) is 0. The molecule has 0 bridgehead atoms. The van der Waals surface area contributed by atoms with Crippen molar-refractivity contribution >= 4 is 0 Å². The standard InChI is InChI=1S/2C9H9.2ClH.2Pd/c2*1-2-6-9-7-4-3-5-8-9;;;;/h2*2-8H,1H2;2*1H;;/q;;;;2*+2/p-2. The van der Waals surface area contributed by atoms with E-state index in [1.54, 1.807) is 12.8 Å². The van der Waals surface area contributed by atoms with Crippen LogP contribution in [0.25, 0.3) is 0 Å². The normalized spacial score (nSPS) is 7.73. The van der Waals surface area contributed by atoms with Crippen molar-refractivity contribution in [3.8, 4) is 0 Å². The smallest absolute Gasteiger partial charge is 1.00 e. The summed E-state index contributed by atoms with van der Waals surface area (Å²) in [5, 5.41) is 0. The molecule has 4 heteroatoms. The van der Waals surface area contributed by atoms with Crippen LogP contribution < -0.4 is 24.8 Å². The Morgan fingerprint density at radius 3 is 1.05 bits per heavy atom. The van der Waals surface area contributed by atoms with Gasteiger partial charge in [-0.2, -0.15) is 0 Å². The molecule has 0 heterocycles. The molecule has 0 aliphatic heterocycles. The monoisotopic (exact) mass is 516 g/mol. The van der Waals surface area contributed by atoms with Crippen molar-refractivity contribution < 1.29 is 65.7 Å². The first kappa shape index (κ1) is 30.3. The Morgan fingerprint density at radius 2 is 0.818 bits per heavy atom. The van der Waals surface area contributed by atoms with Gasteiger partial charge in [0.15, 0.2) is 0 Å². The maximum atomic E-state index is 3.60. The van der Waals surface area contributed by atoms with Crippen LogP contribution in [0, 0.1) is 39.5 Å². The van der Waals surface area contributed by atoms with Gasteiger partial charge >= 0.3 is 40.8 Å². The van der Waals surface area contributed by atoms with Crippen LogP contribution >= 0.6 is 0 Å². The quantitative estimate of drug-likeness (QED) is 0.436. The molecule has 122 valence electrons. The SMILES string of the molecule is [CH2][CH][CH]c1ccccc1.[CH2][CH][CH]c1ccccc1.[Cl-].[Cl-].[Pd+2].[Pd+2]. The maximum absolute atomic E-state index is 3.60. The van der Waals surface area contributed by atoms with Crippen molar-refractivity contribution in [2.75, 3.05) is 0 Å². The maximum Gasteiger partial charge on any atom is 2.00 e. The second kappa shape index (κ2) is 21.3. The molecule has 0 nitrogen and oxygen atoms in total. The topological polar surface area (TPSA) is 0 Å². The Labute approximate surface area is 176 Å². The van der Waals surface area contributed by atoms with Crippen LogP contribution in [0.1, 0.15) is 11.1 Å². The van der Waals surface area contributed by atoms with Gasteiger partial charge in [-0.3, -0.25) is 0 Å². The van der Waals surface area contributed by atoms with Crippen LogP contribution in [-0.4, -0.2) is 0 Å². The number of rotatable bonds is 4. The molecule has 2 aromatic rings. The second-order valence-electron chi connectivity index (χ2n) is 3.63. The predicted molar refractivity (Wildman–Crippen MR) is 79.0 cm³/mol. The van der Waals surface area contributed by atoms with Crippen molar-refractivity contribution in [3.05, 3.63) is 111 Å². The number of halogens is 2.